The summed E-state index contributed by atoms with van der Waals surface area (Å²) in [5.41, 5.74) is 1.20. The molecule has 2 saturated heterocycles. The molecule has 0 aliphatic carbocycles. The molecule has 5 rings (SSSR count). The Morgan fingerprint density at radius 2 is 1.94 bits per heavy atom. The second kappa shape index (κ2) is 7.34. The fourth-order valence-electron chi connectivity index (χ4n) is 4.42. The summed E-state index contributed by atoms with van der Waals surface area (Å²) in [6.45, 7) is 7.04. The molecule has 0 saturated carbocycles. The smallest absolute Gasteiger partial charge is 0.410 e. The van der Waals surface area contributed by atoms with E-state index in [1.54, 1.807) is 12.3 Å². The van der Waals surface area contributed by atoms with Crippen molar-refractivity contribution in [3.05, 3.63) is 47.7 Å². The van der Waals surface area contributed by atoms with Crippen LogP contribution in [-0.2, 0) is 4.74 Å². The van der Waals surface area contributed by atoms with Crippen LogP contribution in [-0.4, -0.2) is 56.7 Å². The average molecular weight is 438 g/mol. The fraction of sp³-hybridized carbons (Fsp3) is 0.391. The number of benzene rings is 1. The zero-order valence-electron chi connectivity index (χ0n) is 17.7. The Kier molecular flexibility index (Phi) is 4.73. The molecule has 0 spiro atoms. The molecule has 8 heteroatoms. The van der Waals surface area contributed by atoms with Crippen LogP contribution in [0.15, 0.2) is 42.6 Å². The third kappa shape index (κ3) is 3.78. The number of carbonyl (C=O) groups is 1. The van der Waals surface area contributed by atoms with Crippen LogP contribution in [0.3, 0.4) is 0 Å². The lowest BCUT2D eigenvalue weighted by atomic mass is 10.1. The van der Waals surface area contributed by atoms with Gasteiger partial charge in [-0.05, 0) is 51.5 Å². The maximum atomic E-state index is 12.6. The van der Waals surface area contributed by atoms with Gasteiger partial charge >= 0.3 is 6.09 Å². The highest BCUT2D eigenvalue weighted by Crippen LogP contribution is 2.38. The number of rotatable bonds is 2. The molecule has 31 heavy (non-hydrogen) atoms. The van der Waals surface area contributed by atoms with Crippen molar-refractivity contribution < 1.29 is 9.53 Å². The average Bonchev–Trinajstić information content (AvgIpc) is 3.33. The summed E-state index contributed by atoms with van der Waals surface area (Å²) in [4.78, 5) is 30.5. The van der Waals surface area contributed by atoms with Gasteiger partial charge in [0.25, 0.3) is 0 Å². The molecule has 2 aliphatic heterocycles. The van der Waals surface area contributed by atoms with E-state index in [2.05, 4.69) is 9.88 Å². The van der Waals surface area contributed by atoms with Gasteiger partial charge in [0.2, 0.25) is 0 Å². The summed E-state index contributed by atoms with van der Waals surface area (Å²) in [6.07, 6.45) is 2.33. The molecule has 160 valence electrons. The SMILES string of the molecule is CC(C)(C)OC(=O)N1C[C@@H]2C[C@H]1CN2c1nc(-c2ccnc(Cl)c2)nc2ccccc12. The number of pyridine rings is 1. The molecule has 7 nitrogen and oxygen atoms in total. The van der Waals surface area contributed by atoms with Crippen molar-refractivity contribution in [2.24, 2.45) is 0 Å². The zero-order chi connectivity index (χ0) is 21.8. The van der Waals surface area contributed by atoms with Gasteiger partial charge in [0.1, 0.15) is 16.6 Å². The molecule has 0 unspecified atom stereocenters. The molecule has 1 aromatic carbocycles. The predicted molar refractivity (Wildman–Crippen MR) is 120 cm³/mol. The molecule has 2 fully saturated rings. The lowest BCUT2D eigenvalue weighted by Gasteiger charge is -2.36. The monoisotopic (exact) mass is 437 g/mol. The van der Waals surface area contributed by atoms with Crippen LogP contribution >= 0.6 is 11.6 Å². The molecule has 2 atom stereocenters. The fourth-order valence-corrected chi connectivity index (χ4v) is 4.59. The molecule has 4 heterocycles. The Balaban J connectivity index is 1.48. The van der Waals surface area contributed by atoms with Crippen LogP contribution in [0, 0.1) is 0 Å². The van der Waals surface area contributed by atoms with Crippen molar-refractivity contribution in [1.82, 2.24) is 19.9 Å². The largest absolute Gasteiger partial charge is 0.444 e. The van der Waals surface area contributed by atoms with E-state index >= 15 is 0 Å². The van der Waals surface area contributed by atoms with Gasteiger partial charge in [-0.15, -0.1) is 0 Å². The number of amides is 1. The van der Waals surface area contributed by atoms with Crippen LogP contribution in [0.25, 0.3) is 22.3 Å². The van der Waals surface area contributed by atoms with Crippen molar-refractivity contribution in [2.75, 3.05) is 18.0 Å². The Morgan fingerprint density at radius 3 is 2.65 bits per heavy atom. The van der Waals surface area contributed by atoms with E-state index in [1.807, 2.05) is 56.0 Å². The second-order valence-electron chi connectivity index (χ2n) is 9.08. The number of piperazine rings is 1. The molecule has 0 radical (unpaired) electrons. The first-order valence-electron chi connectivity index (χ1n) is 10.4. The van der Waals surface area contributed by atoms with E-state index in [4.69, 9.17) is 26.3 Å². The van der Waals surface area contributed by atoms with Crippen LogP contribution in [0.5, 0.6) is 0 Å². The molecule has 3 aromatic rings. The van der Waals surface area contributed by atoms with Crippen LogP contribution in [0.1, 0.15) is 27.2 Å². The van der Waals surface area contributed by atoms with E-state index in [9.17, 15) is 4.79 Å². The van der Waals surface area contributed by atoms with Crippen molar-refractivity contribution in [1.29, 1.82) is 0 Å². The summed E-state index contributed by atoms with van der Waals surface area (Å²) in [6, 6.07) is 12.0. The van der Waals surface area contributed by atoms with Gasteiger partial charge in [-0.1, -0.05) is 23.7 Å². The van der Waals surface area contributed by atoms with Crippen molar-refractivity contribution in [3.63, 3.8) is 0 Å². The van der Waals surface area contributed by atoms with Crippen molar-refractivity contribution >= 4 is 34.4 Å². The van der Waals surface area contributed by atoms with Gasteiger partial charge in [0, 0.05) is 30.2 Å². The first-order valence-corrected chi connectivity index (χ1v) is 10.8. The Hall–Kier alpha value is -2.93. The minimum Gasteiger partial charge on any atom is -0.444 e. The molecular weight excluding hydrogens is 414 g/mol. The molecule has 2 bridgehead atoms. The summed E-state index contributed by atoms with van der Waals surface area (Å²) in [5.74, 6) is 1.51. The van der Waals surface area contributed by atoms with E-state index in [1.165, 1.54) is 0 Å². The predicted octanol–water partition coefficient (Wildman–Crippen LogP) is 4.54. The maximum Gasteiger partial charge on any atom is 0.410 e. The highest BCUT2D eigenvalue weighted by Gasteiger charge is 2.47. The van der Waals surface area contributed by atoms with Gasteiger partial charge in [-0.2, -0.15) is 0 Å². The zero-order valence-corrected chi connectivity index (χ0v) is 18.5. The standard InChI is InChI=1S/C23H24ClN5O2/c1-23(2,3)31-22(30)29-13-15-11-16(29)12-28(15)21-17-6-4-5-7-18(17)26-20(27-21)14-8-9-25-19(24)10-14/h4-10,15-16H,11-13H2,1-3H3/t15-,16-/m0/s1. The minimum absolute atomic E-state index is 0.118. The number of fused-ring (bicyclic) bond motifs is 3. The lowest BCUT2D eigenvalue weighted by Crippen LogP contribution is -2.50. The number of likely N-dealkylation sites (tertiary alicyclic amines) is 1. The topological polar surface area (TPSA) is 71.5 Å². The normalized spacial score (nSPS) is 20.5. The van der Waals surface area contributed by atoms with E-state index in [0.29, 0.717) is 17.5 Å². The summed E-state index contributed by atoms with van der Waals surface area (Å²) < 4.78 is 5.60. The second-order valence-corrected chi connectivity index (χ2v) is 9.47. The third-order valence-corrected chi connectivity index (χ3v) is 5.92. The number of hydrogen-bond acceptors (Lipinski definition) is 6. The molecule has 2 aliphatic rings. The van der Waals surface area contributed by atoms with E-state index < -0.39 is 5.60 Å². The van der Waals surface area contributed by atoms with Crippen LogP contribution in [0.4, 0.5) is 10.6 Å². The highest BCUT2D eigenvalue weighted by molar-refractivity contribution is 6.29. The van der Waals surface area contributed by atoms with Gasteiger partial charge < -0.3 is 14.5 Å². The van der Waals surface area contributed by atoms with E-state index in [0.717, 1.165) is 35.2 Å². The van der Waals surface area contributed by atoms with Crippen LogP contribution in [0.2, 0.25) is 5.15 Å². The summed E-state index contributed by atoms with van der Waals surface area (Å²) in [5, 5.41) is 1.41. The lowest BCUT2D eigenvalue weighted by molar-refractivity contribution is 0.0214. The number of aromatic nitrogens is 3. The van der Waals surface area contributed by atoms with Gasteiger partial charge in [-0.25, -0.2) is 19.7 Å². The molecule has 1 amide bonds. The number of hydrogen-bond donors (Lipinski definition) is 0. The Morgan fingerprint density at radius 1 is 1.13 bits per heavy atom. The molecular formula is C23H24ClN5O2. The highest BCUT2D eigenvalue weighted by atomic mass is 35.5. The van der Waals surface area contributed by atoms with E-state index in [-0.39, 0.29) is 18.2 Å². The van der Waals surface area contributed by atoms with Gasteiger partial charge in [0.05, 0.1) is 17.6 Å². The van der Waals surface area contributed by atoms with Gasteiger partial charge in [-0.3, -0.25) is 0 Å². The van der Waals surface area contributed by atoms with Crippen molar-refractivity contribution in [2.45, 2.75) is 44.9 Å². The number of nitrogens with zero attached hydrogens (tertiary/aromatic N) is 5. The number of para-hydroxylation sites is 1. The molecule has 0 N–H and O–H groups in total. The number of anilines is 1. The Labute approximate surface area is 186 Å². The minimum atomic E-state index is -0.498. The number of carbonyl (C=O) groups excluding carboxylic acids is 1. The summed E-state index contributed by atoms with van der Waals surface area (Å²) >= 11 is 6.10. The van der Waals surface area contributed by atoms with Crippen molar-refractivity contribution in [3.8, 4) is 11.4 Å². The maximum absolute atomic E-state index is 12.6. The Bertz CT molecular complexity index is 1160. The van der Waals surface area contributed by atoms with Crippen LogP contribution < -0.4 is 4.90 Å². The number of ether oxygens (including phenoxy) is 1. The number of halogens is 1. The third-order valence-electron chi connectivity index (χ3n) is 5.71. The molecule has 2 aromatic heterocycles. The quantitative estimate of drug-likeness (QED) is 0.548. The first kappa shape index (κ1) is 20.0. The summed E-state index contributed by atoms with van der Waals surface area (Å²) in [7, 11) is 0. The van der Waals surface area contributed by atoms with Gasteiger partial charge in [0.15, 0.2) is 5.82 Å². The first-order chi connectivity index (χ1) is 14.8.